The molecule has 3 heterocycles. The zero-order valence-electron chi connectivity index (χ0n) is 18.8. The van der Waals surface area contributed by atoms with E-state index >= 15 is 0 Å². The number of piperidine rings is 1. The largest absolute Gasteiger partial charge is 0.450 e. The lowest BCUT2D eigenvalue weighted by atomic mass is 9.83. The van der Waals surface area contributed by atoms with E-state index in [0.717, 1.165) is 13.1 Å². The molecule has 3 fully saturated rings. The minimum Gasteiger partial charge on any atom is -0.450 e. The molecular weight excluding hydrogens is 418 g/mol. The van der Waals surface area contributed by atoms with E-state index < -0.39 is 21.6 Å². The highest BCUT2D eigenvalue weighted by atomic mass is 32.2. The Kier molecular flexibility index (Phi) is 6.47. The maximum atomic E-state index is 13.5. The molecule has 1 amide bonds. The first-order valence-corrected chi connectivity index (χ1v) is 13.3. The Labute approximate surface area is 185 Å². The molecule has 0 aromatic rings. The van der Waals surface area contributed by atoms with Crippen LogP contribution in [0.2, 0.25) is 0 Å². The van der Waals surface area contributed by atoms with Crippen molar-refractivity contribution in [1.29, 1.82) is 0 Å². The fourth-order valence-corrected chi connectivity index (χ4v) is 6.76. The molecule has 0 atom stereocenters. The third-order valence-corrected chi connectivity index (χ3v) is 9.50. The second kappa shape index (κ2) is 8.83. The van der Waals surface area contributed by atoms with E-state index in [1.165, 1.54) is 36.4 Å². The molecule has 4 aliphatic rings. The lowest BCUT2D eigenvalue weighted by Gasteiger charge is -2.43. The molecule has 0 unspecified atom stereocenters. The molecule has 0 aromatic heterocycles. The Balaban J connectivity index is 1.45. The summed E-state index contributed by atoms with van der Waals surface area (Å²) in [6.07, 6.45) is 7.08. The molecule has 174 valence electrons. The van der Waals surface area contributed by atoms with Crippen LogP contribution in [0.15, 0.2) is 11.1 Å². The second-order valence-electron chi connectivity index (χ2n) is 9.30. The molecule has 0 radical (unpaired) electrons. The highest BCUT2D eigenvalue weighted by Crippen LogP contribution is 2.42. The Morgan fingerprint density at radius 1 is 1.03 bits per heavy atom. The molecule has 1 spiro atoms. The van der Waals surface area contributed by atoms with E-state index in [4.69, 9.17) is 4.74 Å². The fraction of sp³-hybridized carbons (Fsp3) is 0.818. The maximum Gasteiger partial charge on any atom is 0.335 e. The summed E-state index contributed by atoms with van der Waals surface area (Å²) >= 11 is 0. The normalized spacial score (nSPS) is 26.5. The fourth-order valence-electron chi connectivity index (χ4n) is 5.66. The maximum absolute atomic E-state index is 13.5. The van der Waals surface area contributed by atoms with Gasteiger partial charge < -0.3 is 9.64 Å². The number of esters is 1. The van der Waals surface area contributed by atoms with Crippen LogP contribution in [0.4, 0.5) is 0 Å². The minimum absolute atomic E-state index is 0.0473. The molecule has 3 aliphatic heterocycles. The van der Waals surface area contributed by atoms with Crippen LogP contribution in [-0.2, 0) is 24.3 Å². The summed E-state index contributed by atoms with van der Waals surface area (Å²) in [5.41, 5.74) is -0.151. The number of sulfonamides is 1. The summed E-state index contributed by atoms with van der Waals surface area (Å²) in [4.78, 5) is 30.4. The van der Waals surface area contributed by atoms with E-state index in [2.05, 4.69) is 4.90 Å². The van der Waals surface area contributed by atoms with Gasteiger partial charge in [-0.15, -0.1) is 0 Å². The first kappa shape index (κ1) is 22.7. The van der Waals surface area contributed by atoms with Gasteiger partial charge in [-0.1, -0.05) is 19.3 Å². The molecule has 8 nitrogen and oxygen atoms in total. The molecule has 4 rings (SSSR count). The van der Waals surface area contributed by atoms with Gasteiger partial charge in [-0.05, 0) is 26.7 Å². The second-order valence-corrected chi connectivity index (χ2v) is 11.6. The number of carbonyl (C=O) groups excluding carboxylic acids is 2. The van der Waals surface area contributed by atoms with Crippen LogP contribution in [0, 0.1) is 0 Å². The minimum atomic E-state index is -3.29. The van der Waals surface area contributed by atoms with Gasteiger partial charge in [0.1, 0.15) is 5.60 Å². The van der Waals surface area contributed by atoms with Gasteiger partial charge in [0, 0.05) is 63.7 Å². The standard InChI is InChI=1S/C22H35N3O5S/c1-3-31(28,29)25-11-9-22(10-12-25)19(17(2)21(27)30-22)20(26)24-15-13-23(14-16-24)18-7-5-4-6-8-18/h18H,3-16H2,1-2H3. The van der Waals surface area contributed by atoms with Crippen LogP contribution in [0.25, 0.3) is 0 Å². The SMILES string of the molecule is CCS(=O)(=O)N1CCC2(CC1)OC(=O)C(C)=C2C(=O)N1CCN(C2CCCCC2)CC1. The molecule has 31 heavy (non-hydrogen) atoms. The third kappa shape index (κ3) is 4.28. The summed E-state index contributed by atoms with van der Waals surface area (Å²) in [6, 6.07) is 0.638. The highest BCUT2D eigenvalue weighted by Gasteiger charge is 2.52. The van der Waals surface area contributed by atoms with Crippen LogP contribution >= 0.6 is 0 Å². The van der Waals surface area contributed by atoms with Gasteiger partial charge in [-0.2, -0.15) is 0 Å². The van der Waals surface area contributed by atoms with Crippen LogP contribution in [0.1, 0.15) is 58.8 Å². The van der Waals surface area contributed by atoms with Gasteiger partial charge in [-0.25, -0.2) is 17.5 Å². The molecule has 9 heteroatoms. The van der Waals surface area contributed by atoms with E-state index in [1.807, 2.05) is 4.90 Å². The van der Waals surface area contributed by atoms with Crippen molar-refractivity contribution in [3.05, 3.63) is 11.1 Å². The van der Waals surface area contributed by atoms with Gasteiger partial charge in [0.15, 0.2) is 0 Å². The van der Waals surface area contributed by atoms with Crippen molar-refractivity contribution in [2.75, 3.05) is 45.0 Å². The van der Waals surface area contributed by atoms with Crippen LogP contribution in [-0.4, -0.2) is 91.1 Å². The van der Waals surface area contributed by atoms with Crippen molar-refractivity contribution in [1.82, 2.24) is 14.1 Å². The highest BCUT2D eigenvalue weighted by molar-refractivity contribution is 7.89. The summed E-state index contributed by atoms with van der Waals surface area (Å²) < 4.78 is 31.7. The van der Waals surface area contributed by atoms with Gasteiger partial charge in [-0.3, -0.25) is 9.69 Å². The molecule has 1 aliphatic carbocycles. The van der Waals surface area contributed by atoms with Gasteiger partial charge >= 0.3 is 5.97 Å². The Morgan fingerprint density at radius 2 is 1.65 bits per heavy atom. The lowest BCUT2D eigenvalue weighted by Crippen LogP contribution is -2.55. The van der Waals surface area contributed by atoms with Crippen molar-refractivity contribution in [2.45, 2.75) is 70.4 Å². The van der Waals surface area contributed by atoms with E-state index in [0.29, 0.717) is 43.1 Å². The average molecular weight is 454 g/mol. The zero-order valence-corrected chi connectivity index (χ0v) is 19.6. The molecule has 1 saturated carbocycles. The van der Waals surface area contributed by atoms with Crippen LogP contribution < -0.4 is 0 Å². The van der Waals surface area contributed by atoms with E-state index in [9.17, 15) is 18.0 Å². The first-order valence-electron chi connectivity index (χ1n) is 11.7. The third-order valence-electron chi connectivity index (χ3n) is 7.62. The molecule has 2 saturated heterocycles. The molecular formula is C22H35N3O5S. The van der Waals surface area contributed by atoms with Crippen molar-refractivity contribution >= 4 is 21.9 Å². The number of rotatable bonds is 4. The number of nitrogens with zero attached hydrogens (tertiary/aromatic N) is 3. The monoisotopic (exact) mass is 453 g/mol. The van der Waals surface area contributed by atoms with Gasteiger partial charge in [0.05, 0.1) is 11.3 Å². The number of carbonyl (C=O) groups is 2. The number of piperazine rings is 1. The number of hydrogen-bond donors (Lipinski definition) is 0. The number of hydrogen-bond acceptors (Lipinski definition) is 6. The molecule has 0 aromatic carbocycles. The predicted octanol–water partition coefficient (Wildman–Crippen LogP) is 1.52. The summed E-state index contributed by atoms with van der Waals surface area (Å²) in [6.45, 7) is 6.88. The smallest absolute Gasteiger partial charge is 0.335 e. The molecule has 0 bridgehead atoms. The average Bonchev–Trinajstić information content (AvgIpc) is 3.03. The lowest BCUT2D eigenvalue weighted by molar-refractivity contribution is -0.150. The summed E-state index contributed by atoms with van der Waals surface area (Å²) in [5, 5.41) is 0. The van der Waals surface area contributed by atoms with E-state index in [-0.39, 0.29) is 24.7 Å². The quantitative estimate of drug-likeness (QED) is 0.600. The van der Waals surface area contributed by atoms with Crippen molar-refractivity contribution in [2.24, 2.45) is 0 Å². The Hall–Kier alpha value is -1.45. The van der Waals surface area contributed by atoms with E-state index in [1.54, 1.807) is 13.8 Å². The van der Waals surface area contributed by atoms with Crippen molar-refractivity contribution < 1.29 is 22.7 Å². The first-order chi connectivity index (χ1) is 14.8. The Morgan fingerprint density at radius 3 is 2.23 bits per heavy atom. The summed E-state index contributed by atoms with van der Waals surface area (Å²) in [7, 11) is -3.29. The Bertz CT molecular complexity index is 846. The summed E-state index contributed by atoms with van der Waals surface area (Å²) in [5.74, 6) is -0.513. The topological polar surface area (TPSA) is 87.2 Å². The predicted molar refractivity (Wildman–Crippen MR) is 117 cm³/mol. The number of amides is 1. The zero-order chi connectivity index (χ0) is 22.2. The number of ether oxygens (including phenoxy) is 1. The molecule has 0 N–H and O–H groups in total. The van der Waals surface area contributed by atoms with Gasteiger partial charge in [0.25, 0.3) is 5.91 Å². The van der Waals surface area contributed by atoms with Crippen molar-refractivity contribution in [3.63, 3.8) is 0 Å². The van der Waals surface area contributed by atoms with Crippen LogP contribution in [0.3, 0.4) is 0 Å². The van der Waals surface area contributed by atoms with Gasteiger partial charge in [0.2, 0.25) is 10.0 Å². The van der Waals surface area contributed by atoms with Crippen molar-refractivity contribution in [3.8, 4) is 0 Å². The van der Waals surface area contributed by atoms with Crippen LogP contribution in [0.5, 0.6) is 0 Å².